The van der Waals surface area contributed by atoms with Crippen molar-refractivity contribution in [2.24, 2.45) is 0 Å². The first-order valence-corrected chi connectivity index (χ1v) is 15.9. The number of urea groups is 1. The monoisotopic (exact) mass is 608 g/mol. The Morgan fingerprint density at radius 3 is 2.19 bits per heavy atom. The van der Waals surface area contributed by atoms with Gasteiger partial charge in [-0.1, -0.05) is 49.4 Å². The highest BCUT2D eigenvalue weighted by molar-refractivity contribution is 7.89. The third-order valence-corrected chi connectivity index (χ3v) is 9.40. The molecule has 0 saturated carbocycles. The fraction of sp³-hybridized carbons (Fsp3) is 0.375. The summed E-state index contributed by atoms with van der Waals surface area (Å²) in [6.07, 6.45) is 1.68. The molecule has 1 heterocycles. The third-order valence-electron chi connectivity index (χ3n) is 7.54. The summed E-state index contributed by atoms with van der Waals surface area (Å²) in [6.45, 7) is 3.04. The molecule has 3 aromatic rings. The fourth-order valence-electron chi connectivity index (χ4n) is 5.19. The molecule has 0 atom stereocenters. The van der Waals surface area contributed by atoms with E-state index < -0.39 is 10.0 Å². The van der Waals surface area contributed by atoms with E-state index in [1.165, 1.54) is 4.31 Å². The van der Waals surface area contributed by atoms with Gasteiger partial charge in [-0.25, -0.2) is 13.2 Å². The largest absolute Gasteiger partial charge is 0.497 e. The van der Waals surface area contributed by atoms with Crippen molar-refractivity contribution in [3.63, 3.8) is 0 Å². The van der Waals surface area contributed by atoms with Crippen LogP contribution in [-0.4, -0.2) is 80.9 Å². The van der Waals surface area contributed by atoms with Gasteiger partial charge in [-0.05, 0) is 61.2 Å². The molecular weight excluding hydrogens is 568 g/mol. The molecule has 0 unspecified atom stereocenters. The fourth-order valence-corrected chi connectivity index (χ4v) is 6.69. The molecule has 0 bridgehead atoms. The molecule has 0 radical (unpaired) electrons. The molecule has 43 heavy (non-hydrogen) atoms. The first kappa shape index (κ1) is 31.8. The van der Waals surface area contributed by atoms with E-state index in [4.69, 9.17) is 9.47 Å². The Morgan fingerprint density at radius 1 is 0.907 bits per heavy atom. The summed E-state index contributed by atoms with van der Waals surface area (Å²) in [5.41, 5.74) is 1.49. The van der Waals surface area contributed by atoms with Crippen molar-refractivity contribution in [2.45, 2.75) is 43.7 Å². The van der Waals surface area contributed by atoms with Crippen LogP contribution in [0.1, 0.15) is 31.7 Å². The number of benzene rings is 3. The highest BCUT2D eigenvalue weighted by Crippen LogP contribution is 2.26. The van der Waals surface area contributed by atoms with E-state index >= 15 is 0 Å². The minimum absolute atomic E-state index is 0.160. The maximum Gasteiger partial charge on any atom is 0.321 e. The highest BCUT2D eigenvalue weighted by atomic mass is 32.2. The number of hydrogen-bond acceptors (Lipinski definition) is 6. The minimum atomic E-state index is -3.86. The number of anilines is 1. The van der Waals surface area contributed by atoms with Crippen molar-refractivity contribution < 1.29 is 27.5 Å². The summed E-state index contributed by atoms with van der Waals surface area (Å²) in [6, 6.07) is 22.5. The van der Waals surface area contributed by atoms with Gasteiger partial charge in [0.15, 0.2) is 0 Å². The zero-order chi connectivity index (χ0) is 30.8. The third kappa shape index (κ3) is 8.05. The highest BCUT2D eigenvalue weighted by Gasteiger charge is 2.33. The first-order chi connectivity index (χ1) is 20.8. The number of para-hydroxylation sites is 2. The molecule has 0 spiro atoms. The Morgan fingerprint density at radius 2 is 1.56 bits per heavy atom. The Hall–Kier alpha value is -4.09. The zero-order valence-corrected chi connectivity index (χ0v) is 25.8. The van der Waals surface area contributed by atoms with Crippen LogP contribution >= 0.6 is 0 Å². The van der Waals surface area contributed by atoms with Crippen LogP contribution in [0.2, 0.25) is 0 Å². The number of hydrogen-bond donors (Lipinski definition) is 1. The lowest BCUT2D eigenvalue weighted by atomic mass is 10.0. The Kier molecular flexibility index (Phi) is 11.0. The molecule has 230 valence electrons. The Labute approximate surface area is 254 Å². The van der Waals surface area contributed by atoms with Crippen LogP contribution in [0.4, 0.5) is 10.5 Å². The summed E-state index contributed by atoms with van der Waals surface area (Å²) in [5.74, 6) is 1.00. The number of carbonyl (C=O) groups is 2. The number of nitrogens with one attached hydrogen (secondary N) is 1. The number of amides is 3. The average Bonchev–Trinajstić information content (AvgIpc) is 3.04. The van der Waals surface area contributed by atoms with Gasteiger partial charge in [-0.15, -0.1) is 0 Å². The van der Waals surface area contributed by atoms with Crippen molar-refractivity contribution in [3.05, 3.63) is 84.4 Å². The number of piperidine rings is 1. The van der Waals surface area contributed by atoms with E-state index in [0.717, 1.165) is 5.56 Å². The smallest absolute Gasteiger partial charge is 0.321 e. The number of ether oxygens (including phenoxy) is 2. The van der Waals surface area contributed by atoms with Gasteiger partial charge in [0, 0.05) is 32.2 Å². The molecule has 1 aliphatic rings. The number of likely N-dealkylation sites (tertiary alicyclic amines) is 1. The Bertz CT molecular complexity index is 1460. The van der Waals surface area contributed by atoms with Crippen LogP contribution in [-0.2, 0) is 21.4 Å². The van der Waals surface area contributed by atoms with Crippen LogP contribution in [0.15, 0.2) is 83.8 Å². The van der Waals surface area contributed by atoms with E-state index in [2.05, 4.69) is 5.32 Å². The van der Waals surface area contributed by atoms with E-state index in [1.54, 1.807) is 66.5 Å². The van der Waals surface area contributed by atoms with Gasteiger partial charge in [0.2, 0.25) is 15.9 Å². The Balaban J connectivity index is 1.51. The molecule has 10 nitrogen and oxygen atoms in total. The number of nitrogens with zero attached hydrogens (tertiary/aromatic N) is 3. The summed E-state index contributed by atoms with van der Waals surface area (Å²) in [7, 11) is -0.713. The summed E-state index contributed by atoms with van der Waals surface area (Å²) in [4.78, 5) is 30.7. The van der Waals surface area contributed by atoms with Gasteiger partial charge >= 0.3 is 6.03 Å². The van der Waals surface area contributed by atoms with Crippen molar-refractivity contribution in [1.82, 2.24) is 14.1 Å². The second-order valence-electron chi connectivity index (χ2n) is 10.4. The molecule has 1 aliphatic heterocycles. The van der Waals surface area contributed by atoms with Crippen molar-refractivity contribution >= 4 is 27.6 Å². The lowest BCUT2D eigenvalue weighted by Gasteiger charge is -2.39. The standard InChI is InChI=1S/C32H40N4O6S/c1-4-20-35(43(39,40)28-10-6-5-7-11-28)24-31(37)36(23-25-14-16-27(41-2)17-15-25)26-18-21-34(22-19-26)32(38)33-29-12-8-9-13-30(29)42-3/h5-17,26H,4,18-24H2,1-3H3,(H,33,38). The SMILES string of the molecule is CCCN(CC(=O)N(Cc1ccc(OC)cc1)C1CCN(C(=O)Nc2ccccc2OC)CC1)S(=O)(=O)c1ccccc1. The maximum absolute atomic E-state index is 13.9. The van der Waals surface area contributed by atoms with E-state index in [0.29, 0.717) is 56.1 Å². The minimum Gasteiger partial charge on any atom is -0.497 e. The van der Waals surface area contributed by atoms with Crippen LogP contribution in [0.3, 0.4) is 0 Å². The molecule has 1 saturated heterocycles. The summed E-state index contributed by atoms with van der Waals surface area (Å²) in [5, 5.41) is 2.92. The first-order valence-electron chi connectivity index (χ1n) is 14.4. The van der Waals surface area contributed by atoms with Crippen molar-refractivity contribution in [1.29, 1.82) is 0 Å². The molecule has 3 amide bonds. The normalized spacial score (nSPS) is 13.9. The van der Waals surface area contributed by atoms with Gasteiger partial charge in [-0.2, -0.15) is 4.31 Å². The van der Waals surface area contributed by atoms with E-state index in [-0.39, 0.29) is 36.0 Å². The molecule has 11 heteroatoms. The number of carbonyl (C=O) groups excluding carboxylic acids is 2. The van der Waals surface area contributed by atoms with E-state index in [9.17, 15) is 18.0 Å². The average molecular weight is 609 g/mol. The van der Waals surface area contributed by atoms with Crippen molar-refractivity contribution in [2.75, 3.05) is 45.7 Å². The molecule has 0 aliphatic carbocycles. The molecule has 1 fully saturated rings. The van der Waals surface area contributed by atoms with Crippen LogP contribution < -0.4 is 14.8 Å². The lowest BCUT2D eigenvalue weighted by Crippen LogP contribution is -2.51. The maximum atomic E-state index is 13.9. The van der Waals surface area contributed by atoms with Gasteiger partial charge < -0.3 is 24.6 Å². The topological polar surface area (TPSA) is 108 Å². The molecule has 1 N–H and O–H groups in total. The second-order valence-corrected chi connectivity index (χ2v) is 12.3. The quantitative estimate of drug-likeness (QED) is 0.316. The molecule has 0 aromatic heterocycles. The molecule has 3 aromatic carbocycles. The summed E-state index contributed by atoms with van der Waals surface area (Å²) >= 11 is 0. The number of rotatable bonds is 12. The lowest BCUT2D eigenvalue weighted by molar-refractivity contribution is -0.135. The predicted molar refractivity (Wildman–Crippen MR) is 166 cm³/mol. The van der Waals surface area contributed by atoms with Crippen molar-refractivity contribution in [3.8, 4) is 11.5 Å². The van der Waals surface area contributed by atoms with E-state index in [1.807, 2.05) is 43.3 Å². The van der Waals surface area contributed by atoms with Gasteiger partial charge in [0.1, 0.15) is 11.5 Å². The van der Waals surface area contributed by atoms with Gasteiger partial charge in [0.25, 0.3) is 0 Å². The predicted octanol–water partition coefficient (Wildman–Crippen LogP) is 4.83. The van der Waals surface area contributed by atoms with Crippen LogP contribution in [0, 0.1) is 0 Å². The number of sulfonamides is 1. The second kappa shape index (κ2) is 14.9. The number of methoxy groups -OCH3 is 2. The molecule has 4 rings (SSSR count). The van der Waals surface area contributed by atoms with Crippen LogP contribution in [0.5, 0.6) is 11.5 Å². The van der Waals surface area contributed by atoms with Gasteiger partial charge in [-0.3, -0.25) is 4.79 Å². The summed E-state index contributed by atoms with van der Waals surface area (Å²) < 4.78 is 38.9. The zero-order valence-electron chi connectivity index (χ0n) is 24.9. The molecular formula is C32H40N4O6S. The van der Waals surface area contributed by atoms with Crippen LogP contribution in [0.25, 0.3) is 0 Å². The van der Waals surface area contributed by atoms with Gasteiger partial charge in [0.05, 0.1) is 31.3 Å².